The first-order chi connectivity index (χ1) is 8.29. The fraction of sp³-hybridized carbons (Fsp3) is 0.200. The molecule has 0 radical (unpaired) electrons. The van der Waals surface area contributed by atoms with Crippen LogP contribution in [-0.2, 0) is 6.54 Å². The van der Waals surface area contributed by atoms with Crippen LogP contribution in [0.3, 0.4) is 0 Å². The smallest absolute Gasteiger partial charge is 0.0455 e. The van der Waals surface area contributed by atoms with E-state index >= 15 is 0 Å². The molecule has 2 nitrogen and oxygen atoms in total. The fourth-order valence-corrected chi connectivity index (χ4v) is 1.81. The molecular formula is C15H18N2. The highest BCUT2D eigenvalue weighted by Gasteiger charge is 1.99. The van der Waals surface area contributed by atoms with E-state index in [9.17, 15) is 0 Å². The second-order valence-electron chi connectivity index (χ2n) is 4.26. The molecule has 17 heavy (non-hydrogen) atoms. The standard InChI is InChI=1S/C15H18N2/c1-17(12-16)11-13-7-9-15(10-8-13)14-5-3-2-4-6-14/h2-10H,11-12,16H2,1H3. The van der Waals surface area contributed by atoms with Crippen molar-refractivity contribution in [2.75, 3.05) is 13.7 Å². The molecule has 2 aromatic carbocycles. The molecule has 0 spiro atoms. The first kappa shape index (κ1) is 11.8. The van der Waals surface area contributed by atoms with Crippen LogP contribution >= 0.6 is 0 Å². The first-order valence-corrected chi connectivity index (χ1v) is 5.82. The maximum atomic E-state index is 5.57. The molecule has 0 aliphatic heterocycles. The molecule has 0 aromatic heterocycles. The highest BCUT2D eigenvalue weighted by Crippen LogP contribution is 2.19. The number of hydrogen-bond acceptors (Lipinski definition) is 2. The third-order valence-electron chi connectivity index (χ3n) is 2.83. The molecule has 2 aromatic rings. The van der Waals surface area contributed by atoms with Crippen molar-refractivity contribution in [1.29, 1.82) is 0 Å². The average molecular weight is 226 g/mol. The van der Waals surface area contributed by atoms with E-state index in [4.69, 9.17) is 5.73 Å². The molecule has 2 N–H and O–H groups in total. The van der Waals surface area contributed by atoms with E-state index in [1.807, 2.05) is 13.1 Å². The maximum Gasteiger partial charge on any atom is 0.0455 e. The molecule has 0 aliphatic carbocycles. The van der Waals surface area contributed by atoms with E-state index in [-0.39, 0.29) is 0 Å². The Morgan fingerprint density at radius 2 is 1.47 bits per heavy atom. The van der Waals surface area contributed by atoms with Gasteiger partial charge in [0.25, 0.3) is 0 Å². The van der Waals surface area contributed by atoms with Gasteiger partial charge in [0.1, 0.15) is 0 Å². The third-order valence-corrected chi connectivity index (χ3v) is 2.83. The molecular weight excluding hydrogens is 208 g/mol. The minimum absolute atomic E-state index is 0.584. The Kier molecular flexibility index (Phi) is 3.91. The van der Waals surface area contributed by atoms with Gasteiger partial charge in [-0.1, -0.05) is 54.6 Å². The van der Waals surface area contributed by atoms with Gasteiger partial charge < -0.3 is 5.73 Å². The lowest BCUT2D eigenvalue weighted by Crippen LogP contribution is -2.24. The Balaban J connectivity index is 2.13. The average Bonchev–Trinajstić information content (AvgIpc) is 2.40. The summed E-state index contributed by atoms with van der Waals surface area (Å²) in [5.41, 5.74) is 9.37. The molecule has 0 amide bonds. The second kappa shape index (κ2) is 5.62. The molecule has 0 atom stereocenters. The quantitative estimate of drug-likeness (QED) is 0.812. The Hall–Kier alpha value is -1.64. The van der Waals surface area contributed by atoms with Crippen molar-refractivity contribution in [3.63, 3.8) is 0 Å². The fourth-order valence-electron chi connectivity index (χ4n) is 1.81. The van der Waals surface area contributed by atoms with Gasteiger partial charge in [0.05, 0.1) is 0 Å². The summed E-state index contributed by atoms with van der Waals surface area (Å²) in [7, 11) is 2.02. The van der Waals surface area contributed by atoms with Gasteiger partial charge >= 0.3 is 0 Å². The number of nitrogens with zero attached hydrogens (tertiary/aromatic N) is 1. The van der Waals surface area contributed by atoms with Gasteiger partial charge in [-0.05, 0) is 23.7 Å². The van der Waals surface area contributed by atoms with Crippen LogP contribution in [0.1, 0.15) is 5.56 Å². The highest BCUT2D eigenvalue weighted by molar-refractivity contribution is 5.63. The lowest BCUT2D eigenvalue weighted by Gasteiger charge is -2.13. The molecule has 88 valence electrons. The van der Waals surface area contributed by atoms with E-state index in [0.717, 1.165) is 6.54 Å². The van der Waals surface area contributed by atoms with Gasteiger partial charge in [-0.3, -0.25) is 4.90 Å². The minimum atomic E-state index is 0.584. The monoisotopic (exact) mass is 226 g/mol. The normalized spacial score (nSPS) is 10.8. The molecule has 0 heterocycles. The topological polar surface area (TPSA) is 29.3 Å². The molecule has 0 fully saturated rings. The summed E-state index contributed by atoms with van der Waals surface area (Å²) >= 11 is 0. The number of hydrogen-bond donors (Lipinski definition) is 1. The van der Waals surface area contributed by atoms with Crippen LogP contribution in [0.5, 0.6) is 0 Å². The lowest BCUT2D eigenvalue weighted by molar-refractivity contribution is 0.337. The number of nitrogens with two attached hydrogens (primary N) is 1. The summed E-state index contributed by atoms with van der Waals surface area (Å²) in [5, 5.41) is 0. The molecule has 2 rings (SSSR count). The van der Waals surface area contributed by atoms with Crippen LogP contribution in [0.4, 0.5) is 0 Å². The Labute approximate surface area is 103 Å². The Morgan fingerprint density at radius 1 is 0.882 bits per heavy atom. The summed E-state index contributed by atoms with van der Waals surface area (Å²) in [5.74, 6) is 0. The number of rotatable bonds is 4. The summed E-state index contributed by atoms with van der Waals surface area (Å²) in [6, 6.07) is 19.1. The number of benzene rings is 2. The molecule has 0 saturated carbocycles. The molecule has 0 saturated heterocycles. The van der Waals surface area contributed by atoms with E-state index in [1.54, 1.807) is 0 Å². The summed E-state index contributed by atoms with van der Waals surface area (Å²) < 4.78 is 0. The Bertz CT molecular complexity index is 448. The van der Waals surface area contributed by atoms with Crippen molar-refractivity contribution in [1.82, 2.24) is 4.90 Å². The van der Waals surface area contributed by atoms with Crippen molar-refractivity contribution < 1.29 is 0 Å². The molecule has 0 bridgehead atoms. The van der Waals surface area contributed by atoms with E-state index < -0.39 is 0 Å². The zero-order valence-corrected chi connectivity index (χ0v) is 10.1. The first-order valence-electron chi connectivity index (χ1n) is 5.82. The van der Waals surface area contributed by atoms with Crippen molar-refractivity contribution in [3.05, 3.63) is 60.2 Å². The van der Waals surface area contributed by atoms with Crippen molar-refractivity contribution in [3.8, 4) is 11.1 Å². The zero-order valence-electron chi connectivity index (χ0n) is 10.1. The van der Waals surface area contributed by atoms with Gasteiger partial charge in [0.15, 0.2) is 0 Å². The predicted octanol–water partition coefficient (Wildman–Crippen LogP) is 2.70. The summed E-state index contributed by atoms with van der Waals surface area (Å²) in [6.07, 6.45) is 0. The maximum absolute atomic E-state index is 5.57. The largest absolute Gasteiger partial charge is 0.318 e. The van der Waals surface area contributed by atoms with Crippen LogP contribution in [0.25, 0.3) is 11.1 Å². The second-order valence-corrected chi connectivity index (χ2v) is 4.26. The molecule has 0 aliphatic rings. The van der Waals surface area contributed by atoms with Crippen LogP contribution in [-0.4, -0.2) is 18.6 Å². The van der Waals surface area contributed by atoms with E-state index in [1.165, 1.54) is 16.7 Å². The highest BCUT2D eigenvalue weighted by atomic mass is 15.1. The van der Waals surface area contributed by atoms with Crippen molar-refractivity contribution >= 4 is 0 Å². The third kappa shape index (κ3) is 3.16. The predicted molar refractivity (Wildman–Crippen MR) is 72.4 cm³/mol. The van der Waals surface area contributed by atoms with Gasteiger partial charge in [-0.2, -0.15) is 0 Å². The van der Waals surface area contributed by atoms with Crippen LogP contribution in [0, 0.1) is 0 Å². The Morgan fingerprint density at radius 3 is 2.06 bits per heavy atom. The summed E-state index contributed by atoms with van der Waals surface area (Å²) in [6.45, 7) is 1.48. The zero-order chi connectivity index (χ0) is 12.1. The van der Waals surface area contributed by atoms with Crippen LogP contribution in [0.2, 0.25) is 0 Å². The molecule has 0 unspecified atom stereocenters. The lowest BCUT2D eigenvalue weighted by atomic mass is 10.0. The van der Waals surface area contributed by atoms with Gasteiger partial charge in [-0.25, -0.2) is 0 Å². The minimum Gasteiger partial charge on any atom is -0.318 e. The van der Waals surface area contributed by atoms with Gasteiger partial charge in [-0.15, -0.1) is 0 Å². The SMILES string of the molecule is CN(CN)Cc1ccc(-c2ccccc2)cc1. The van der Waals surface area contributed by atoms with Gasteiger partial charge in [0.2, 0.25) is 0 Å². The van der Waals surface area contributed by atoms with E-state index in [2.05, 4.69) is 53.4 Å². The van der Waals surface area contributed by atoms with Crippen molar-refractivity contribution in [2.45, 2.75) is 6.54 Å². The van der Waals surface area contributed by atoms with Crippen LogP contribution < -0.4 is 5.73 Å². The summed E-state index contributed by atoms with van der Waals surface area (Å²) in [4.78, 5) is 2.08. The van der Waals surface area contributed by atoms with Crippen molar-refractivity contribution in [2.24, 2.45) is 5.73 Å². The molecule has 2 heteroatoms. The van der Waals surface area contributed by atoms with Crippen LogP contribution in [0.15, 0.2) is 54.6 Å². The van der Waals surface area contributed by atoms with E-state index in [0.29, 0.717) is 6.67 Å². The van der Waals surface area contributed by atoms with Gasteiger partial charge in [0, 0.05) is 13.2 Å².